The zero-order valence-corrected chi connectivity index (χ0v) is 10.7. The van der Waals surface area contributed by atoms with Gasteiger partial charge in [0.25, 0.3) is 0 Å². The Balaban J connectivity index is 2.52. The summed E-state index contributed by atoms with van der Waals surface area (Å²) in [5, 5.41) is 0. The number of hydrogen-bond acceptors (Lipinski definition) is 2. The minimum absolute atomic E-state index is 0.552. The van der Waals surface area contributed by atoms with Crippen molar-refractivity contribution in [1.29, 1.82) is 0 Å². The predicted molar refractivity (Wildman–Crippen MR) is 70.4 cm³/mol. The highest BCUT2D eigenvalue weighted by Crippen LogP contribution is 2.10. The van der Waals surface area contributed by atoms with Crippen molar-refractivity contribution < 1.29 is 0 Å². The topological polar surface area (TPSA) is 29.3 Å². The Morgan fingerprint density at radius 2 is 1.75 bits per heavy atom. The van der Waals surface area contributed by atoms with Gasteiger partial charge in [-0.25, -0.2) is 0 Å². The fraction of sp³-hybridized carbons (Fsp3) is 0.571. The van der Waals surface area contributed by atoms with Crippen LogP contribution in [0.25, 0.3) is 0 Å². The highest BCUT2D eigenvalue weighted by molar-refractivity contribution is 5.22. The predicted octanol–water partition coefficient (Wildman–Crippen LogP) is 2.42. The van der Waals surface area contributed by atoms with E-state index in [2.05, 4.69) is 50.1 Å². The van der Waals surface area contributed by atoms with Gasteiger partial charge in [0, 0.05) is 12.6 Å². The molecule has 0 aliphatic carbocycles. The lowest BCUT2D eigenvalue weighted by Gasteiger charge is -2.24. The minimum Gasteiger partial charge on any atom is -0.330 e. The molecule has 0 spiro atoms. The molecule has 0 amide bonds. The number of benzene rings is 1. The van der Waals surface area contributed by atoms with Crippen LogP contribution in [-0.2, 0) is 13.0 Å². The Bertz CT molecular complexity index is 292. The molecule has 0 saturated carbocycles. The van der Waals surface area contributed by atoms with Gasteiger partial charge < -0.3 is 5.73 Å². The second-order valence-electron chi connectivity index (χ2n) is 4.51. The maximum Gasteiger partial charge on any atom is 0.0233 e. The number of nitrogens with two attached hydrogens (primary N) is 1. The zero-order valence-electron chi connectivity index (χ0n) is 10.7. The molecular weight excluding hydrogens is 196 g/mol. The minimum atomic E-state index is 0.552. The van der Waals surface area contributed by atoms with Crippen LogP contribution in [0.5, 0.6) is 0 Å². The van der Waals surface area contributed by atoms with E-state index >= 15 is 0 Å². The van der Waals surface area contributed by atoms with Gasteiger partial charge >= 0.3 is 0 Å². The quantitative estimate of drug-likeness (QED) is 0.797. The van der Waals surface area contributed by atoms with E-state index in [1.807, 2.05) is 0 Å². The standard InChI is InChI=1S/C14H24N2/c1-4-13-5-7-14(8-6-13)11-16(3)12(2)9-10-15/h5-8,12H,4,9-11,15H2,1-3H3. The first-order valence-electron chi connectivity index (χ1n) is 6.15. The van der Waals surface area contributed by atoms with Gasteiger partial charge in [-0.3, -0.25) is 4.90 Å². The highest BCUT2D eigenvalue weighted by atomic mass is 15.1. The van der Waals surface area contributed by atoms with E-state index in [1.54, 1.807) is 0 Å². The van der Waals surface area contributed by atoms with Crippen LogP contribution in [0.4, 0.5) is 0 Å². The molecule has 1 rings (SSSR count). The Hall–Kier alpha value is -0.860. The van der Waals surface area contributed by atoms with E-state index in [0.29, 0.717) is 6.04 Å². The molecular formula is C14H24N2. The summed E-state index contributed by atoms with van der Waals surface area (Å²) in [5.41, 5.74) is 8.35. The molecule has 0 fully saturated rings. The average molecular weight is 220 g/mol. The normalized spacial score (nSPS) is 13.1. The van der Waals surface area contributed by atoms with E-state index in [1.165, 1.54) is 11.1 Å². The van der Waals surface area contributed by atoms with Crippen LogP contribution < -0.4 is 5.73 Å². The van der Waals surface area contributed by atoms with Crippen molar-refractivity contribution in [3.63, 3.8) is 0 Å². The Labute approximate surface area is 99.5 Å². The van der Waals surface area contributed by atoms with Crippen molar-refractivity contribution >= 4 is 0 Å². The fourth-order valence-electron chi connectivity index (χ4n) is 1.79. The molecule has 0 heterocycles. The monoisotopic (exact) mass is 220 g/mol. The van der Waals surface area contributed by atoms with Gasteiger partial charge in [0.1, 0.15) is 0 Å². The van der Waals surface area contributed by atoms with Gasteiger partial charge in [-0.2, -0.15) is 0 Å². The zero-order chi connectivity index (χ0) is 12.0. The molecule has 1 unspecified atom stereocenters. The summed E-state index contributed by atoms with van der Waals surface area (Å²) in [6, 6.07) is 9.44. The fourth-order valence-corrected chi connectivity index (χ4v) is 1.79. The molecule has 2 heteroatoms. The molecule has 0 aliphatic rings. The van der Waals surface area contributed by atoms with E-state index in [4.69, 9.17) is 5.73 Å². The molecule has 0 bridgehead atoms. The summed E-state index contributed by atoms with van der Waals surface area (Å²) in [6.45, 7) is 6.18. The highest BCUT2D eigenvalue weighted by Gasteiger charge is 2.08. The lowest BCUT2D eigenvalue weighted by molar-refractivity contribution is 0.240. The summed E-state index contributed by atoms with van der Waals surface area (Å²) in [7, 11) is 2.16. The molecule has 1 atom stereocenters. The van der Waals surface area contributed by atoms with E-state index in [-0.39, 0.29) is 0 Å². The molecule has 1 aromatic rings. The molecule has 0 radical (unpaired) electrons. The third-order valence-electron chi connectivity index (χ3n) is 3.20. The maximum absolute atomic E-state index is 5.57. The second kappa shape index (κ2) is 6.66. The molecule has 0 aromatic heterocycles. The van der Waals surface area contributed by atoms with Crippen molar-refractivity contribution in [2.45, 2.75) is 39.3 Å². The van der Waals surface area contributed by atoms with Gasteiger partial charge in [-0.15, -0.1) is 0 Å². The first-order valence-corrected chi connectivity index (χ1v) is 6.15. The van der Waals surface area contributed by atoms with Crippen molar-refractivity contribution in [3.05, 3.63) is 35.4 Å². The van der Waals surface area contributed by atoms with Crippen molar-refractivity contribution in [1.82, 2.24) is 4.90 Å². The first-order chi connectivity index (χ1) is 7.67. The third-order valence-corrected chi connectivity index (χ3v) is 3.20. The average Bonchev–Trinajstić information content (AvgIpc) is 2.30. The second-order valence-corrected chi connectivity index (χ2v) is 4.51. The molecule has 16 heavy (non-hydrogen) atoms. The molecule has 90 valence electrons. The summed E-state index contributed by atoms with van der Waals surface area (Å²) in [4.78, 5) is 2.35. The van der Waals surface area contributed by atoms with Crippen molar-refractivity contribution in [2.24, 2.45) is 5.73 Å². The van der Waals surface area contributed by atoms with Crippen LogP contribution in [-0.4, -0.2) is 24.5 Å². The van der Waals surface area contributed by atoms with Gasteiger partial charge in [0.2, 0.25) is 0 Å². The molecule has 2 N–H and O–H groups in total. The van der Waals surface area contributed by atoms with Crippen LogP contribution >= 0.6 is 0 Å². The number of nitrogens with zero attached hydrogens (tertiary/aromatic N) is 1. The van der Waals surface area contributed by atoms with Crippen LogP contribution in [0.2, 0.25) is 0 Å². The molecule has 0 saturated heterocycles. The molecule has 0 aliphatic heterocycles. The van der Waals surface area contributed by atoms with E-state index < -0.39 is 0 Å². The summed E-state index contributed by atoms with van der Waals surface area (Å²) in [6.07, 6.45) is 2.17. The van der Waals surface area contributed by atoms with Gasteiger partial charge in [-0.1, -0.05) is 31.2 Å². The molecule has 2 nitrogen and oxygen atoms in total. The van der Waals surface area contributed by atoms with Crippen LogP contribution in [0.3, 0.4) is 0 Å². The Kier molecular flexibility index (Phi) is 5.50. The smallest absolute Gasteiger partial charge is 0.0233 e. The number of rotatable bonds is 6. The Morgan fingerprint density at radius 1 is 1.19 bits per heavy atom. The van der Waals surface area contributed by atoms with Crippen LogP contribution in [0.1, 0.15) is 31.4 Å². The van der Waals surface area contributed by atoms with E-state index in [9.17, 15) is 0 Å². The summed E-state index contributed by atoms with van der Waals surface area (Å²) < 4.78 is 0. The largest absolute Gasteiger partial charge is 0.330 e. The van der Waals surface area contributed by atoms with Crippen molar-refractivity contribution in [3.8, 4) is 0 Å². The van der Waals surface area contributed by atoms with Gasteiger partial charge in [0.15, 0.2) is 0 Å². The van der Waals surface area contributed by atoms with Crippen molar-refractivity contribution in [2.75, 3.05) is 13.6 Å². The lowest BCUT2D eigenvalue weighted by Crippen LogP contribution is -2.30. The maximum atomic E-state index is 5.57. The van der Waals surface area contributed by atoms with Crippen LogP contribution in [0, 0.1) is 0 Å². The summed E-state index contributed by atoms with van der Waals surface area (Å²) >= 11 is 0. The lowest BCUT2D eigenvalue weighted by atomic mass is 10.1. The van der Waals surface area contributed by atoms with Gasteiger partial charge in [0.05, 0.1) is 0 Å². The van der Waals surface area contributed by atoms with E-state index in [0.717, 1.165) is 25.9 Å². The molecule has 1 aromatic carbocycles. The summed E-state index contributed by atoms with van der Waals surface area (Å²) in [5.74, 6) is 0. The van der Waals surface area contributed by atoms with Crippen LogP contribution in [0.15, 0.2) is 24.3 Å². The Morgan fingerprint density at radius 3 is 2.25 bits per heavy atom. The SMILES string of the molecule is CCc1ccc(CN(C)C(C)CCN)cc1. The first kappa shape index (κ1) is 13.2. The number of aryl methyl sites for hydroxylation is 1. The third kappa shape index (κ3) is 3.95. The number of hydrogen-bond donors (Lipinski definition) is 1. The van der Waals surface area contributed by atoms with Gasteiger partial charge in [-0.05, 0) is 44.5 Å².